The minimum Gasteiger partial charge on any atom is -0.386 e. The van der Waals surface area contributed by atoms with Crippen molar-refractivity contribution in [1.29, 1.82) is 0 Å². The van der Waals surface area contributed by atoms with Gasteiger partial charge < -0.3 is 20.5 Å². The Balaban J connectivity index is 1.97. The Hall–Kier alpha value is -2.44. The zero-order valence-electron chi connectivity index (χ0n) is 13.6. The van der Waals surface area contributed by atoms with Crippen LogP contribution in [0, 0.1) is 5.82 Å². The van der Waals surface area contributed by atoms with Crippen molar-refractivity contribution in [2.45, 2.75) is 25.7 Å². The molecule has 2 amide bonds. The molecule has 0 heterocycles. The van der Waals surface area contributed by atoms with Gasteiger partial charge in [0.05, 0.1) is 18.8 Å². The van der Waals surface area contributed by atoms with Gasteiger partial charge in [-0.25, -0.2) is 9.18 Å². The topological polar surface area (TPSA) is 70.6 Å². The number of methoxy groups -OCH3 is 1. The molecule has 2 rings (SSSR count). The maximum atomic E-state index is 12.9. The minimum absolute atomic E-state index is 0.376. The van der Waals surface area contributed by atoms with Gasteiger partial charge in [-0.15, -0.1) is 0 Å². The lowest BCUT2D eigenvalue weighted by molar-refractivity contribution is 0.139. The van der Waals surface area contributed by atoms with E-state index in [-0.39, 0.29) is 5.82 Å². The summed E-state index contributed by atoms with van der Waals surface area (Å²) in [7, 11) is 1.58. The Morgan fingerprint density at radius 2 is 1.88 bits per heavy atom. The Labute approximate surface area is 140 Å². The molecule has 0 saturated carbocycles. The average molecular weight is 332 g/mol. The Morgan fingerprint density at radius 1 is 1.21 bits per heavy atom. The smallest absolute Gasteiger partial charge is 0.319 e. The summed E-state index contributed by atoms with van der Waals surface area (Å²) in [6.45, 7) is 2.05. The second-order valence-corrected chi connectivity index (χ2v) is 5.47. The second kappa shape index (κ2) is 8.42. The van der Waals surface area contributed by atoms with Gasteiger partial charge in [0.1, 0.15) is 5.82 Å². The van der Waals surface area contributed by atoms with E-state index in [1.807, 2.05) is 18.2 Å². The highest BCUT2D eigenvalue weighted by Crippen LogP contribution is 2.18. The number of aliphatic hydroxyl groups excluding tert-OH is 1. The number of rotatable bonds is 6. The number of nitrogens with one attached hydrogen (secondary N) is 2. The molecule has 6 heteroatoms. The van der Waals surface area contributed by atoms with Gasteiger partial charge in [-0.2, -0.15) is 0 Å². The van der Waals surface area contributed by atoms with Gasteiger partial charge in [-0.05, 0) is 30.7 Å². The molecule has 0 saturated heterocycles. The van der Waals surface area contributed by atoms with Crippen molar-refractivity contribution in [3.63, 3.8) is 0 Å². The van der Waals surface area contributed by atoms with E-state index in [1.165, 1.54) is 24.3 Å². The van der Waals surface area contributed by atoms with Crippen molar-refractivity contribution in [1.82, 2.24) is 5.32 Å². The van der Waals surface area contributed by atoms with E-state index in [2.05, 4.69) is 10.6 Å². The van der Waals surface area contributed by atoms with Crippen molar-refractivity contribution in [3.05, 3.63) is 65.5 Å². The molecule has 24 heavy (non-hydrogen) atoms. The first-order chi connectivity index (χ1) is 11.5. The quantitative estimate of drug-likeness (QED) is 0.761. The third-order valence-electron chi connectivity index (χ3n) is 3.61. The number of carbonyl (C=O) groups excluding carboxylic acids is 1. The summed E-state index contributed by atoms with van der Waals surface area (Å²) >= 11 is 0. The number of benzene rings is 2. The number of hydrogen-bond donors (Lipinski definition) is 3. The fraction of sp³-hybridized carbons (Fsp3) is 0.278. The van der Waals surface area contributed by atoms with Crippen molar-refractivity contribution in [2.75, 3.05) is 12.4 Å². The summed E-state index contributed by atoms with van der Waals surface area (Å²) in [5.74, 6) is -0.376. The van der Waals surface area contributed by atoms with E-state index < -0.39 is 18.2 Å². The van der Waals surface area contributed by atoms with E-state index in [0.29, 0.717) is 17.9 Å². The van der Waals surface area contributed by atoms with Crippen molar-refractivity contribution in [2.24, 2.45) is 0 Å². The Kier molecular flexibility index (Phi) is 6.28. The van der Waals surface area contributed by atoms with Gasteiger partial charge in [0.25, 0.3) is 0 Å². The van der Waals surface area contributed by atoms with Crippen molar-refractivity contribution >= 4 is 11.7 Å². The first kappa shape index (κ1) is 17.9. The van der Waals surface area contributed by atoms with Gasteiger partial charge in [-0.3, -0.25) is 0 Å². The Bertz CT molecular complexity index is 676. The molecule has 2 aromatic rings. The van der Waals surface area contributed by atoms with E-state index in [0.717, 1.165) is 5.56 Å². The summed E-state index contributed by atoms with van der Waals surface area (Å²) < 4.78 is 18.0. The molecular weight excluding hydrogens is 311 g/mol. The number of urea groups is 1. The highest BCUT2D eigenvalue weighted by Gasteiger charge is 2.19. The van der Waals surface area contributed by atoms with Crippen LogP contribution in [0.1, 0.15) is 24.2 Å². The molecule has 0 radical (unpaired) electrons. The maximum Gasteiger partial charge on any atom is 0.319 e. The number of halogens is 1. The molecule has 0 bridgehead atoms. The molecule has 2 aromatic carbocycles. The van der Waals surface area contributed by atoms with Crippen LogP contribution in [0.5, 0.6) is 0 Å². The number of anilines is 1. The van der Waals surface area contributed by atoms with Gasteiger partial charge in [0, 0.05) is 18.4 Å². The molecule has 3 N–H and O–H groups in total. The molecular formula is C18H21FN2O3. The molecule has 0 fully saturated rings. The number of amides is 2. The average Bonchev–Trinajstić information content (AvgIpc) is 2.57. The number of hydrogen-bond acceptors (Lipinski definition) is 3. The van der Waals surface area contributed by atoms with Gasteiger partial charge >= 0.3 is 6.03 Å². The van der Waals surface area contributed by atoms with Gasteiger partial charge in [0.15, 0.2) is 0 Å². The van der Waals surface area contributed by atoms with Crippen LogP contribution < -0.4 is 10.6 Å². The van der Waals surface area contributed by atoms with Crippen LogP contribution in [0.15, 0.2) is 48.5 Å². The number of para-hydroxylation sites is 1. The summed E-state index contributed by atoms with van der Waals surface area (Å²) in [6.07, 6.45) is -0.939. The molecule has 0 aliphatic carbocycles. The lowest BCUT2D eigenvalue weighted by Gasteiger charge is -2.21. The second-order valence-electron chi connectivity index (χ2n) is 5.47. The lowest BCUT2D eigenvalue weighted by Crippen LogP contribution is -2.39. The minimum atomic E-state index is -0.939. The van der Waals surface area contributed by atoms with E-state index in [1.54, 1.807) is 20.1 Å². The number of aliphatic hydroxyl groups is 1. The lowest BCUT2D eigenvalue weighted by atomic mass is 10.0. The third-order valence-corrected chi connectivity index (χ3v) is 3.61. The van der Waals surface area contributed by atoms with Crippen molar-refractivity contribution < 1.29 is 19.0 Å². The Morgan fingerprint density at radius 3 is 2.54 bits per heavy atom. The molecule has 0 aliphatic heterocycles. The fourth-order valence-electron chi connectivity index (χ4n) is 2.32. The summed E-state index contributed by atoms with van der Waals surface area (Å²) in [6, 6.07) is 11.8. The highest BCUT2D eigenvalue weighted by molar-refractivity contribution is 5.90. The van der Waals surface area contributed by atoms with Crippen LogP contribution in [0.3, 0.4) is 0 Å². The van der Waals surface area contributed by atoms with E-state index in [9.17, 15) is 14.3 Å². The molecule has 128 valence electrons. The van der Waals surface area contributed by atoms with Crippen LogP contribution >= 0.6 is 0 Å². The first-order valence-electron chi connectivity index (χ1n) is 7.59. The zero-order valence-corrected chi connectivity index (χ0v) is 13.6. The van der Waals surface area contributed by atoms with Crippen LogP contribution in [0.25, 0.3) is 0 Å². The third kappa shape index (κ3) is 4.78. The molecule has 0 aromatic heterocycles. The standard InChI is InChI=1S/C18H21FN2O3/c1-12(17(22)13-7-9-15(19)10-8-13)20-18(23)21-16-6-4-3-5-14(16)11-24-2/h3-10,12,17,22H,11H2,1-2H3,(H2,20,21,23). The molecule has 0 aliphatic rings. The number of carbonyl (C=O) groups is 1. The highest BCUT2D eigenvalue weighted by atomic mass is 19.1. The fourth-order valence-corrected chi connectivity index (χ4v) is 2.32. The SMILES string of the molecule is COCc1ccccc1NC(=O)NC(C)C(O)c1ccc(F)cc1. The van der Waals surface area contributed by atoms with Crippen LogP contribution in [0.4, 0.5) is 14.9 Å². The van der Waals surface area contributed by atoms with Crippen molar-refractivity contribution in [3.8, 4) is 0 Å². The monoisotopic (exact) mass is 332 g/mol. The predicted molar refractivity (Wildman–Crippen MR) is 90.1 cm³/mol. The summed E-state index contributed by atoms with van der Waals surface area (Å²) in [4.78, 5) is 12.1. The molecule has 0 spiro atoms. The van der Waals surface area contributed by atoms with E-state index >= 15 is 0 Å². The molecule has 2 atom stereocenters. The van der Waals surface area contributed by atoms with Gasteiger partial charge in [-0.1, -0.05) is 30.3 Å². The van der Waals surface area contributed by atoms with Gasteiger partial charge in [0.2, 0.25) is 0 Å². The predicted octanol–water partition coefficient (Wildman–Crippen LogP) is 3.22. The first-order valence-corrected chi connectivity index (χ1v) is 7.59. The molecule has 5 nitrogen and oxygen atoms in total. The van der Waals surface area contributed by atoms with E-state index in [4.69, 9.17) is 4.74 Å². The number of ether oxygens (including phenoxy) is 1. The summed E-state index contributed by atoms with van der Waals surface area (Å²) in [5.41, 5.74) is 2.02. The largest absolute Gasteiger partial charge is 0.386 e. The van der Waals surface area contributed by atoms with Crippen LogP contribution in [-0.4, -0.2) is 24.3 Å². The zero-order chi connectivity index (χ0) is 17.5. The summed E-state index contributed by atoms with van der Waals surface area (Å²) in [5, 5.41) is 15.7. The normalized spacial score (nSPS) is 13.2. The maximum absolute atomic E-state index is 12.9. The van der Waals surface area contributed by atoms with Crippen LogP contribution in [0.2, 0.25) is 0 Å². The molecule has 2 unspecified atom stereocenters. The van der Waals surface area contributed by atoms with Crippen LogP contribution in [-0.2, 0) is 11.3 Å².